The summed E-state index contributed by atoms with van der Waals surface area (Å²) in [5.41, 5.74) is 0. The zero-order valence-corrected chi connectivity index (χ0v) is 18.2. The molecule has 27 heavy (non-hydrogen) atoms. The Kier molecular flexibility index (Phi) is 30.8. The van der Waals surface area contributed by atoms with Gasteiger partial charge in [-0.1, -0.05) is 90.2 Å². The normalized spacial score (nSPS) is 10.4. The van der Waals surface area contributed by atoms with Crippen molar-refractivity contribution in [2.75, 3.05) is 0 Å². The van der Waals surface area contributed by atoms with Gasteiger partial charge in [0.2, 0.25) is 0 Å². The average Bonchev–Trinajstić information content (AvgIpc) is 2.60. The summed E-state index contributed by atoms with van der Waals surface area (Å²) in [6.07, 6.45) is 22.8. The monoisotopic (exact) mass is 431 g/mol. The molecule has 0 aromatic heterocycles. The maximum absolute atomic E-state index is 10.1. The first-order valence-corrected chi connectivity index (χ1v) is 10.3. The number of carbonyl (C=O) groups is 2. The Hall–Kier alpha value is -1.06. The molecule has 0 unspecified atom stereocenters. The van der Waals surface area contributed by atoms with E-state index in [1.807, 2.05) is 0 Å². The van der Waals surface area contributed by atoms with Gasteiger partial charge in [-0.3, -0.25) is 0 Å². The van der Waals surface area contributed by atoms with Crippen molar-refractivity contribution >= 4 is 11.9 Å². The largest absolute Gasteiger partial charge is 0.478 e. The van der Waals surface area contributed by atoms with Crippen LogP contribution in [0.25, 0.3) is 0 Å². The van der Waals surface area contributed by atoms with Crippen molar-refractivity contribution in [2.45, 2.75) is 104 Å². The molecule has 0 spiro atoms. The van der Waals surface area contributed by atoms with Crippen LogP contribution in [-0.4, -0.2) is 22.2 Å². The summed E-state index contributed by atoms with van der Waals surface area (Å²) in [6.45, 7) is 4.41. The average molecular weight is 432 g/mol. The van der Waals surface area contributed by atoms with Crippen LogP contribution in [0.4, 0.5) is 0 Å². The van der Waals surface area contributed by atoms with Gasteiger partial charge < -0.3 is 10.2 Å². The molecule has 0 bridgehead atoms. The molecule has 5 heteroatoms. The summed E-state index contributed by atoms with van der Waals surface area (Å²) >= 11 is 0. The standard InChI is InChI=1S/2C11H20O2.Cu/c2*1-2-3-4-5-6-7-8-9-10-11(12)13;/h2*9-10H,2-8H2,1H3,(H,12,13);. The van der Waals surface area contributed by atoms with Crippen LogP contribution in [0.3, 0.4) is 0 Å². The molecule has 0 aromatic rings. The predicted octanol–water partition coefficient (Wildman–Crippen LogP) is 6.75. The SMILES string of the molecule is CCCCCCCCC=CC(=O)O.CCCCCCCCC=CC(=O)O.[Cu]. The Morgan fingerprint density at radius 3 is 1.19 bits per heavy atom. The molecule has 0 rings (SSSR count). The molecule has 0 atom stereocenters. The Labute approximate surface area is 177 Å². The summed E-state index contributed by atoms with van der Waals surface area (Å²) in [4.78, 5) is 20.2. The van der Waals surface area contributed by atoms with Gasteiger partial charge in [-0.05, 0) is 25.7 Å². The van der Waals surface area contributed by atoms with Gasteiger partial charge in [0.15, 0.2) is 0 Å². The minimum atomic E-state index is -0.842. The second-order valence-electron chi connectivity index (χ2n) is 6.59. The van der Waals surface area contributed by atoms with Crippen molar-refractivity contribution < 1.29 is 36.9 Å². The zero-order chi connectivity index (χ0) is 19.9. The van der Waals surface area contributed by atoms with Gasteiger partial charge in [-0.25, -0.2) is 9.59 Å². The summed E-state index contributed by atoms with van der Waals surface area (Å²) < 4.78 is 0. The van der Waals surface area contributed by atoms with Gasteiger partial charge in [-0.2, -0.15) is 0 Å². The second kappa shape index (κ2) is 27.2. The van der Waals surface area contributed by atoms with Crippen molar-refractivity contribution in [3.63, 3.8) is 0 Å². The van der Waals surface area contributed by atoms with Crippen molar-refractivity contribution in [3.05, 3.63) is 24.3 Å². The van der Waals surface area contributed by atoms with Crippen LogP contribution in [0.15, 0.2) is 24.3 Å². The van der Waals surface area contributed by atoms with Crippen LogP contribution in [0.1, 0.15) is 104 Å². The first kappa shape index (κ1) is 30.7. The molecule has 4 nitrogen and oxygen atoms in total. The number of carboxylic acids is 2. The minimum Gasteiger partial charge on any atom is -0.478 e. The predicted molar refractivity (Wildman–Crippen MR) is 110 cm³/mol. The molecule has 0 heterocycles. The Morgan fingerprint density at radius 2 is 0.889 bits per heavy atom. The minimum absolute atomic E-state index is 0. The van der Waals surface area contributed by atoms with Gasteiger partial charge in [-0.15, -0.1) is 0 Å². The van der Waals surface area contributed by atoms with Gasteiger partial charge in [0.05, 0.1) is 0 Å². The van der Waals surface area contributed by atoms with Crippen molar-refractivity contribution in [1.29, 1.82) is 0 Å². The Morgan fingerprint density at radius 1 is 0.593 bits per heavy atom. The molecule has 163 valence electrons. The second-order valence-corrected chi connectivity index (χ2v) is 6.59. The van der Waals surface area contributed by atoms with Gasteiger partial charge >= 0.3 is 11.9 Å². The molecule has 0 saturated carbocycles. The smallest absolute Gasteiger partial charge is 0.327 e. The number of hydrogen-bond donors (Lipinski definition) is 2. The summed E-state index contributed by atoms with van der Waals surface area (Å²) in [7, 11) is 0. The van der Waals surface area contributed by atoms with Crippen LogP contribution in [0.2, 0.25) is 0 Å². The third-order valence-electron chi connectivity index (χ3n) is 3.97. The number of unbranched alkanes of at least 4 members (excludes halogenated alkanes) is 12. The van der Waals surface area contributed by atoms with Crippen LogP contribution in [0.5, 0.6) is 0 Å². The van der Waals surface area contributed by atoms with E-state index in [0.717, 1.165) is 25.7 Å². The van der Waals surface area contributed by atoms with Crippen molar-refractivity contribution in [1.82, 2.24) is 0 Å². The Bertz CT molecular complexity index is 343. The van der Waals surface area contributed by atoms with E-state index in [0.29, 0.717) is 0 Å². The first-order chi connectivity index (χ1) is 12.5. The van der Waals surface area contributed by atoms with E-state index in [4.69, 9.17) is 10.2 Å². The molecule has 0 aliphatic rings. The van der Waals surface area contributed by atoms with E-state index >= 15 is 0 Å². The summed E-state index contributed by atoms with van der Waals surface area (Å²) in [5.74, 6) is -1.68. The summed E-state index contributed by atoms with van der Waals surface area (Å²) in [6, 6.07) is 0. The molecular weight excluding hydrogens is 392 g/mol. The molecule has 0 aliphatic heterocycles. The van der Waals surface area contributed by atoms with E-state index < -0.39 is 11.9 Å². The fraction of sp³-hybridized carbons (Fsp3) is 0.727. The molecule has 0 aromatic carbocycles. The van der Waals surface area contributed by atoms with E-state index in [-0.39, 0.29) is 17.1 Å². The van der Waals surface area contributed by atoms with E-state index in [9.17, 15) is 9.59 Å². The number of hydrogen-bond acceptors (Lipinski definition) is 2. The fourth-order valence-electron chi connectivity index (χ4n) is 2.45. The topological polar surface area (TPSA) is 74.6 Å². The molecule has 0 saturated heterocycles. The third-order valence-corrected chi connectivity index (χ3v) is 3.97. The zero-order valence-electron chi connectivity index (χ0n) is 17.2. The number of aliphatic carboxylic acids is 2. The van der Waals surface area contributed by atoms with Crippen LogP contribution in [0, 0.1) is 0 Å². The third kappa shape index (κ3) is 36.6. The van der Waals surface area contributed by atoms with Crippen molar-refractivity contribution in [3.8, 4) is 0 Å². The molecule has 2 N–H and O–H groups in total. The molecular formula is C22H40CuO4. The summed E-state index contributed by atoms with van der Waals surface area (Å²) in [5, 5.41) is 16.6. The van der Waals surface area contributed by atoms with Gasteiger partial charge in [0.1, 0.15) is 0 Å². The maximum Gasteiger partial charge on any atom is 0.327 e. The fourth-order valence-corrected chi connectivity index (χ4v) is 2.45. The molecule has 0 aliphatic carbocycles. The van der Waals surface area contributed by atoms with Gasteiger partial charge in [0, 0.05) is 29.2 Å². The number of rotatable bonds is 16. The van der Waals surface area contributed by atoms with Crippen molar-refractivity contribution in [2.24, 2.45) is 0 Å². The van der Waals surface area contributed by atoms with E-state index in [1.54, 1.807) is 12.2 Å². The maximum atomic E-state index is 10.1. The number of carboxylic acid groups (broad SMARTS) is 2. The van der Waals surface area contributed by atoms with Crippen LogP contribution < -0.4 is 0 Å². The van der Waals surface area contributed by atoms with Crippen LogP contribution in [-0.2, 0) is 26.7 Å². The van der Waals surface area contributed by atoms with E-state index in [2.05, 4.69) is 13.8 Å². The Balaban J connectivity index is -0.000000411. The van der Waals surface area contributed by atoms with Gasteiger partial charge in [0.25, 0.3) is 0 Å². The van der Waals surface area contributed by atoms with Crippen LogP contribution >= 0.6 is 0 Å². The number of allylic oxidation sites excluding steroid dienone is 2. The molecule has 0 amide bonds. The quantitative estimate of drug-likeness (QED) is 0.161. The molecule has 0 fully saturated rings. The van der Waals surface area contributed by atoms with E-state index in [1.165, 1.54) is 76.4 Å². The first-order valence-electron chi connectivity index (χ1n) is 10.3. The molecule has 1 radical (unpaired) electrons.